The molecule has 134 valence electrons. The van der Waals surface area contributed by atoms with Crippen LogP contribution in [0.4, 0.5) is 5.69 Å². The first kappa shape index (κ1) is 18.0. The third kappa shape index (κ3) is 4.23. The number of hydrogen-bond acceptors (Lipinski definition) is 3. The van der Waals surface area contributed by atoms with E-state index in [0.29, 0.717) is 12.5 Å². The maximum atomic E-state index is 10.7. The van der Waals surface area contributed by atoms with Gasteiger partial charge >= 0.3 is 5.97 Å². The summed E-state index contributed by atoms with van der Waals surface area (Å²) in [5.41, 5.74) is 2.81. The second kappa shape index (κ2) is 8.05. The fraction of sp³-hybridized carbons (Fsp3) is 0.364. The lowest BCUT2D eigenvalue weighted by atomic mass is 9.69. The minimum atomic E-state index is -0.774. The molecule has 0 aromatic heterocycles. The smallest absolute Gasteiger partial charge is 0.303 e. The van der Waals surface area contributed by atoms with Gasteiger partial charge in [0.05, 0.1) is 11.5 Å². The van der Waals surface area contributed by atoms with Crippen molar-refractivity contribution in [3.63, 3.8) is 0 Å². The summed E-state index contributed by atoms with van der Waals surface area (Å²) in [5.74, 6) is -0.774. The van der Waals surface area contributed by atoms with Crippen molar-refractivity contribution in [2.45, 2.75) is 50.0 Å². The number of aliphatic carboxylic acids is 1. The topological polar surface area (TPSA) is 73.1 Å². The van der Waals surface area contributed by atoms with Crippen molar-refractivity contribution in [1.29, 1.82) is 5.26 Å². The van der Waals surface area contributed by atoms with Gasteiger partial charge in [-0.15, -0.1) is 0 Å². The average Bonchev–Trinajstić information content (AvgIpc) is 2.68. The van der Waals surface area contributed by atoms with Crippen molar-refractivity contribution in [2.75, 3.05) is 5.32 Å². The van der Waals surface area contributed by atoms with Crippen LogP contribution in [-0.4, -0.2) is 17.1 Å². The molecule has 1 aliphatic carbocycles. The van der Waals surface area contributed by atoms with Crippen LogP contribution >= 0.6 is 0 Å². The molecule has 26 heavy (non-hydrogen) atoms. The first-order chi connectivity index (χ1) is 12.6. The quantitative estimate of drug-likeness (QED) is 0.805. The standard InChI is InChI=1S/C22H24N2O2/c23-16-22(18-6-2-1-3-7-18)13-11-19(12-14-22)24-20-8-4-5-17(15-20)9-10-21(25)26/h1-8,15,19,24H,9-14H2,(H,25,26). The van der Waals surface area contributed by atoms with Gasteiger partial charge in [0, 0.05) is 18.2 Å². The summed E-state index contributed by atoms with van der Waals surface area (Å²) in [7, 11) is 0. The Morgan fingerprint density at radius 2 is 1.88 bits per heavy atom. The van der Waals surface area contributed by atoms with E-state index in [1.54, 1.807) is 0 Å². The largest absolute Gasteiger partial charge is 0.481 e. The number of carbonyl (C=O) groups is 1. The number of aryl methyl sites for hydroxylation is 1. The second-order valence-corrected chi connectivity index (χ2v) is 7.07. The fourth-order valence-electron chi connectivity index (χ4n) is 3.78. The molecular weight excluding hydrogens is 324 g/mol. The normalized spacial score (nSPS) is 22.3. The Hall–Kier alpha value is -2.80. The minimum absolute atomic E-state index is 0.147. The van der Waals surface area contributed by atoms with E-state index in [1.165, 1.54) is 0 Å². The monoisotopic (exact) mass is 348 g/mol. The molecule has 4 nitrogen and oxygen atoms in total. The fourth-order valence-corrected chi connectivity index (χ4v) is 3.78. The Morgan fingerprint density at radius 3 is 2.54 bits per heavy atom. The number of nitrogens with one attached hydrogen (secondary N) is 1. The number of carboxylic acid groups (broad SMARTS) is 1. The predicted octanol–water partition coefficient (Wildman–Crippen LogP) is 4.52. The first-order valence-electron chi connectivity index (χ1n) is 9.15. The number of hydrogen-bond donors (Lipinski definition) is 2. The minimum Gasteiger partial charge on any atom is -0.481 e. The lowest BCUT2D eigenvalue weighted by Gasteiger charge is -2.36. The molecule has 0 heterocycles. The number of rotatable bonds is 6. The Bertz CT molecular complexity index is 787. The number of benzene rings is 2. The van der Waals surface area contributed by atoms with Crippen molar-refractivity contribution < 1.29 is 9.90 Å². The molecule has 0 unspecified atom stereocenters. The van der Waals surface area contributed by atoms with Gasteiger partial charge in [-0.1, -0.05) is 42.5 Å². The molecule has 1 aliphatic rings. The van der Waals surface area contributed by atoms with Crippen LogP contribution in [0.25, 0.3) is 0 Å². The van der Waals surface area contributed by atoms with Crippen LogP contribution in [0.1, 0.15) is 43.2 Å². The van der Waals surface area contributed by atoms with Crippen molar-refractivity contribution in [2.24, 2.45) is 0 Å². The third-order valence-electron chi connectivity index (χ3n) is 5.30. The van der Waals surface area contributed by atoms with Gasteiger partial charge in [0.1, 0.15) is 0 Å². The van der Waals surface area contributed by atoms with Crippen molar-refractivity contribution in [3.8, 4) is 6.07 Å². The molecular formula is C22H24N2O2. The highest BCUT2D eigenvalue weighted by molar-refractivity contribution is 5.67. The summed E-state index contributed by atoms with van der Waals surface area (Å²) < 4.78 is 0. The van der Waals surface area contributed by atoms with Gasteiger partial charge in [-0.3, -0.25) is 4.79 Å². The van der Waals surface area contributed by atoms with Crippen LogP contribution in [0.5, 0.6) is 0 Å². The SMILES string of the molecule is N#CC1(c2ccccc2)CCC(Nc2cccc(CCC(=O)O)c2)CC1. The van der Waals surface area contributed by atoms with Crippen LogP contribution in [0.15, 0.2) is 54.6 Å². The van der Waals surface area contributed by atoms with Crippen LogP contribution in [-0.2, 0) is 16.6 Å². The lowest BCUT2D eigenvalue weighted by molar-refractivity contribution is -0.136. The number of nitrogens with zero attached hydrogens (tertiary/aromatic N) is 1. The highest BCUT2D eigenvalue weighted by atomic mass is 16.4. The summed E-state index contributed by atoms with van der Waals surface area (Å²) in [6.07, 6.45) is 4.28. The van der Waals surface area contributed by atoms with Gasteiger partial charge < -0.3 is 10.4 Å². The number of nitriles is 1. The van der Waals surface area contributed by atoms with Crippen molar-refractivity contribution in [3.05, 3.63) is 65.7 Å². The van der Waals surface area contributed by atoms with Gasteiger partial charge in [-0.25, -0.2) is 0 Å². The van der Waals surface area contributed by atoms with E-state index >= 15 is 0 Å². The average molecular weight is 348 g/mol. The molecule has 0 spiro atoms. The molecule has 1 fully saturated rings. The van der Waals surface area contributed by atoms with E-state index in [9.17, 15) is 10.1 Å². The van der Waals surface area contributed by atoms with Gasteiger partial charge in [0.15, 0.2) is 0 Å². The highest BCUT2D eigenvalue weighted by Gasteiger charge is 2.36. The number of carboxylic acids is 1. The Morgan fingerprint density at radius 1 is 1.15 bits per heavy atom. The molecule has 0 bridgehead atoms. The zero-order chi connectivity index (χ0) is 18.4. The van der Waals surface area contributed by atoms with Crippen molar-refractivity contribution >= 4 is 11.7 Å². The molecule has 4 heteroatoms. The van der Waals surface area contributed by atoms with E-state index in [1.807, 2.05) is 42.5 Å². The Kier molecular flexibility index (Phi) is 5.58. The van der Waals surface area contributed by atoms with Crippen LogP contribution in [0.2, 0.25) is 0 Å². The van der Waals surface area contributed by atoms with Gasteiger partial charge in [-0.2, -0.15) is 5.26 Å². The number of anilines is 1. The summed E-state index contributed by atoms with van der Waals surface area (Å²) >= 11 is 0. The summed E-state index contributed by atoms with van der Waals surface area (Å²) in [6, 6.07) is 21.0. The van der Waals surface area contributed by atoms with E-state index in [0.717, 1.165) is 42.5 Å². The molecule has 0 saturated heterocycles. The van der Waals surface area contributed by atoms with Crippen LogP contribution in [0.3, 0.4) is 0 Å². The maximum Gasteiger partial charge on any atom is 0.303 e. The van der Waals surface area contributed by atoms with E-state index in [4.69, 9.17) is 5.11 Å². The van der Waals surface area contributed by atoms with Crippen LogP contribution in [0, 0.1) is 11.3 Å². The predicted molar refractivity (Wildman–Crippen MR) is 102 cm³/mol. The Labute approximate surface area is 154 Å². The zero-order valence-corrected chi connectivity index (χ0v) is 14.8. The molecule has 2 N–H and O–H groups in total. The van der Waals surface area contributed by atoms with E-state index in [-0.39, 0.29) is 11.8 Å². The Balaban J connectivity index is 1.61. The van der Waals surface area contributed by atoms with Crippen LogP contribution < -0.4 is 5.32 Å². The third-order valence-corrected chi connectivity index (χ3v) is 5.30. The maximum absolute atomic E-state index is 10.7. The molecule has 2 aromatic carbocycles. The summed E-state index contributed by atoms with van der Waals surface area (Å²) in [6.45, 7) is 0. The van der Waals surface area contributed by atoms with Crippen molar-refractivity contribution in [1.82, 2.24) is 0 Å². The molecule has 3 rings (SSSR count). The summed E-state index contributed by atoms with van der Waals surface area (Å²) in [4.78, 5) is 10.7. The molecule has 2 aromatic rings. The zero-order valence-electron chi connectivity index (χ0n) is 14.8. The first-order valence-corrected chi connectivity index (χ1v) is 9.15. The van der Waals surface area contributed by atoms with E-state index < -0.39 is 5.97 Å². The molecule has 0 amide bonds. The lowest BCUT2D eigenvalue weighted by Crippen LogP contribution is -2.35. The summed E-state index contributed by atoms with van der Waals surface area (Å²) in [5, 5.41) is 22.2. The van der Waals surface area contributed by atoms with Gasteiger partial charge in [0.2, 0.25) is 0 Å². The molecule has 1 saturated carbocycles. The molecule has 0 atom stereocenters. The highest BCUT2D eigenvalue weighted by Crippen LogP contribution is 2.39. The molecule has 0 radical (unpaired) electrons. The molecule has 0 aliphatic heterocycles. The van der Waals surface area contributed by atoms with Gasteiger partial charge in [-0.05, 0) is 55.4 Å². The van der Waals surface area contributed by atoms with Gasteiger partial charge in [0.25, 0.3) is 0 Å². The van der Waals surface area contributed by atoms with E-state index in [2.05, 4.69) is 23.5 Å². The second-order valence-electron chi connectivity index (χ2n) is 7.07.